The number of anilines is 2. The summed E-state index contributed by atoms with van der Waals surface area (Å²) in [5.74, 6) is -2.92. The molecule has 0 aliphatic heterocycles. The van der Waals surface area contributed by atoms with E-state index in [2.05, 4.69) is 16.9 Å². The molecule has 0 saturated carbocycles. The molecule has 0 unspecified atom stereocenters. The summed E-state index contributed by atoms with van der Waals surface area (Å²) in [5, 5.41) is 2.60. The highest BCUT2D eigenvalue weighted by Crippen LogP contribution is 2.21. The number of aromatic nitrogens is 2. The molecule has 0 fully saturated rings. The summed E-state index contributed by atoms with van der Waals surface area (Å²) in [6, 6.07) is 1.23. The molecule has 0 atom stereocenters. The molecular weight excluding hydrogens is 243 g/mol. The molecule has 94 valence electrons. The lowest BCUT2D eigenvalue weighted by atomic mass is 10.3. The Kier molecular flexibility index (Phi) is 3.36. The number of benzene rings is 1. The summed E-state index contributed by atoms with van der Waals surface area (Å²) in [5.41, 5.74) is -0.176. The minimum atomic E-state index is -1.23. The molecule has 1 aromatic carbocycles. The molecule has 0 aliphatic carbocycles. The van der Waals surface area contributed by atoms with Crippen molar-refractivity contribution in [3.63, 3.8) is 0 Å². The van der Waals surface area contributed by atoms with E-state index >= 15 is 0 Å². The number of hydrogen-bond donors (Lipinski definition) is 1. The maximum atomic E-state index is 13.4. The van der Waals surface area contributed by atoms with E-state index in [1.807, 2.05) is 0 Å². The number of allylic oxidation sites excluding steroid dienone is 1. The van der Waals surface area contributed by atoms with Crippen molar-refractivity contribution in [1.82, 2.24) is 9.55 Å². The summed E-state index contributed by atoms with van der Waals surface area (Å²) in [6.07, 6.45) is 4.79. The summed E-state index contributed by atoms with van der Waals surface area (Å²) < 4.78 is 40.8. The Morgan fingerprint density at radius 3 is 2.67 bits per heavy atom. The fourth-order valence-electron chi connectivity index (χ4n) is 1.46. The van der Waals surface area contributed by atoms with Crippen molar-refractivity contribution in [1.29, 1.82) is 0 Å². The Labute approximate surface area is 102 Å². The van der Waals surface area contributed by atoms with Crippen LogP contribution in [0.5, 0.6) is 0 Å². The van der Waals surface area contributed by atoms with E-state index in [1.54, 1.807) is 16.8 Å². The van der Waals surface area contributed by atoms with Crippen LogP contribution in [0.15, 0.2) is 37.2 Å². The highest BCUT2D eigenvalue weighted by molar-refractivity contribution is 5.54. The standard InChI is InChI=1S/C12H10F3N3/c1-2-4-18-5-3-16-12(18)17-11-7-9(14)8(13)6-10(11)15/h2-3,5-7H,1,4H2,(H,16,17). The van der Waals surface area contributed by atoms with Crippen molar-refractivity contribution in [2.75, 3.05) is 5.32 Å². The van der Waals surface area contributed by atoms with Crippen LogP contribution in [0.1, 0.15) is 0 Å². The molecular formula is C12H10F3N3. The van der Waals surface area contributed by atoms with Crippen LogP contribution in [0.3, 0.4) is 0 Å². The third-order valence-electron chi connectivity index (χ3n) is 2.30. The molecule has 1 heterocycles. The van der Waals surface area contributed by atoms with E-state index < -0.39 is 17.5 Å². The van der Waals surface area contributed by atoms with Crippen LogP contribution >= 0.6 is 0 Å². The van der Waals surface area contributed by atoms with E-state index in [1.165, 1.54) is 6.20 Å². The third kappa shape index (κ3) is 2.37. The number of nitrogens with zero attached hydrogens (tertiary/aromatic N) is 2. The molecule has 0 saturated heterocycles. The second kappa shape index (κ2) is 4.95. The Bertz CT molecular complexity index is 578. The van der Waals surface area contributed by atoms with Crippen LogP contribution in [0, 0.1) is 17.5 Å². The third-order valence-corrected chi connectivity index (χ3v) is 2.30. The van der Waals surface area contributed by atoms with Crippen LogP contribution in [0.2, 0.25) is 0 Å². The minimum absolute atomic E-state index is 0.176. The van der Waals surface area contributed by atoms with Gasteiger partial charge in [0.1, 0.15) is 5.82 Å². The van der Waals surface area contributed by atoms with Gasteiger partial charge in [-0.2, -0.15) is 0 Å². The topological polar surface area (TPSA) is 29.9 Å². The lowest BCUT2D eigenvalue weighted by molar-refractivity contribution is 0.496. The second-order valence-corrected chi connectivity index (χ2v) is 3.56. The molecule has 3 nitrogen and oxygen atoms in total. The van der Waals surface area contributed by atoms with E-state index in [4.69, 9.17) is 0 Å². The first-order valence-electron chi connectivity index (χ1n) is 5.15. The average Bonchev–Trinajstić information content (AvgIpc) is 2.74. The predicted molar refractivity (Wildman–Crippen MR) is 62.0 cm³/mol. The zero-order valence-corrected chi connectivity index (χ0v) is 9.33. The van der Waals surface area contributed by atoms with Crippen molar-refractivity contribution < 1.29 is 13.2 Å². The van der Waals surface area contributed by atoms with Gasteiger partial charge < -0.3 is 9.88 Å². The Morgan fingerprint density at radius 2 is 1.94 bits per heavy atom. The highest BCUT2D eigenvalue weighted by Gasteiger charge is 2.11. The van der Waals surface area contributed by atoms with Gasteiger partial charge in [-0.25, -0.2) is 18.2 Å². The molecule has 6 heteroatoms. The van der Waals surface area contributed by atoms with Gasteiger partial charge in [-0.3, -0.25) is 0 Å². The molecule has 1 aromatic heterocycles. The number of imidazole rings is 1. The Balaban J connectivity index is 2.31. The SMILES string of the molecule is C=CCn1ccnc1Nc1cc(F)c(F)cc1F. The van der Waals surface area contributed by atoms with E-state index in [9.17, 15) is 13.2 Å². The smallest absolute Gasteiger partial charge is 0.207 e. The lowest BCUT2D eigenvalue weighted by Gasteiger charge is -2.09. The second-order valence-electron chi connectivity index (χ2n) is 3.56. The van der Waals surface area contributed by atoms with Crippen LogP contribution in [-0.2, 0) is 6.54 Å². The van der Waals surface area contributed by atoms with Crippen LogP contribution in [0.4, 0.5) is 24.8 Å². The molecule has 1 N–H and O–H groups in total. The number of rotatable bonds is 4. The first-order chi connectivity index (χ1) is 8.61. The molecule has 0 amide bonds. The summed E-state index contributed by atoms with van der Waals surface area (Å²) in [7, 11) is 0. The van der Waals surface area contributed by atoms with Crippen LogP contribution in [-0.4, -0.2) is 9.55 Å². The largest absolute Gasteiger partial charge is 0.323 e. The summed E-state index contributed by atoms with van der Waals surface area (Å²) in [6.45, 7) is 4.03. The van der Waals surface area contributed by atoms with Gasteiger partial charge in [0.25, 0.3) is 0 Å². The van der Waals surface area contributed by atoms with Gasteiger partial charge >= 0.3 is 0 Å². The first-order valence-corrected chi connectivity index (χ1v) is 5.15. The molecule has 2 aromatic rings. The average molecular weight is 253 g/mol. The Hall–Kier alpha value is -2.24. The zero-order valence-electron chi connectivity index (χ0n) is 9.33. The van der Waals surface area contributed by atoms with Crippen molar-refractivity contribution in [3.8, 4) is 0 Å². The van der Waals surface area contributed by atoms with Gasteiger partial charge in [-0.05, 0) is 0 Å². The van der Waals surface area contributed by atoms with Crippen molar-refractivity contribution >= 4 is 11.6 Å². The van der Waals surface area contributed by atoms with Crippen LogP contribution in [0.25, 0.3) is 0 Å². The van der Waals surface area contributed by atoms with Crippen LogP contribution < -0.4 is 5.32 Å². The van der Waals surface area contributed by atoms with Gasteiger partial charge in [0.15, 0.2) is 11.6 Å². The fourth-order valence-corrected chi connectivity index (χ4v) is 1.46. The maximum absolute atomic E-state index is 13.4. The van der Waals surface area contributed by atoms with E-state index in [0.29, 0.717) is 18.6 Å². The van der Waals surface area contributed by atoms with E-state index in [0.717, 1.165) is 6.07 Å². The summed E-state index contributed by atoms with van der Waals surface area (Å²) >= 11 is 0. The lowest BCUT2D eigenvalue weighted by Crippen LogP contribution is -2.04. The van der Waals surface area contributed by atoms with Crippen molar-refractivity contribution in [2.24, 2.45) is 0 Å². The number of halogens is 3. The van der Waals surface area contributed by atoms with Crippen molar-refractivity contribution in [3.05, 3.63) is 54.6 Å². The van der Waals surface area contributed by atoms with E-state index in [-0.39, 0.29) is 5.69 Å². The van der Waals surface area contributed by atoms with Gasteiger partial charge in [0.05, 0.1) is 5.69 Å². The van der Waals surface area contributed by atoms with Crippen molar-refractivity contribution in [2.45, 2.75) is 6.54 Å². The molecule has 0 spiro atoms. The monoisotopic (exact) mass is 253 g/mol. The Morgan fingerprint density at radius 1 is 1.22 bits per heavy atom. The molecule has 0 aliphatic rings. The number of nitrogens with one attached hydrogen (secondary N) is 1. The predicted octanol–water partition coefficient (Wildman–Crippen LogP) is 3.23. The normalized spacial score (nSPS) is 10.4. The maximum Gasteiger partial charge on any atom is 0.207 e. The summed E-state index contributed by atoms with van der Waals surface area (Å²) in [4.78, 5) is 3.94. The molecule has 18 heavy (non-hydrogen) atoms. The molecule has 2 rings (SSSR count). The van der Waals surface area contributed by atoms with Gasteiger partial charge in [-0.1, -0.05) is 6.08 Å². The molecule has 0 bridgehead atoms. The minimum Gasteiger partial charge on any atom is -0.323 e. The zero-order chi connectivity index (χ0) is 13.1. The molecule has 0 radical (unpaired) electrons. The first kappa shape index (κ1) is 12.2. The quantitative estimate of drug-likeness (QED) is 0.669. The fraction of sp³-hybridized carbons (Fsp3) is 0.0833. The highest BCUT2D eigenvalue weighted by atomic mass is 19.2. The number of hydrogen-bond acceptors (Lipinski definition) is 2. The van der Waals surface area contributed by atoms with Gasteiger partial charge in [0.2, 0.25) is 5.95 Å². The van der Waals surface area contributed by atoms with Gasteiger partial charge in [-0.15, -0.1) is 6.58 Å². The van der Waals surface area contributed by atoms with Gasteiger partial charge in [0, 0.05) is 31.1 Å².